The fourth-order valence-corrected chi connectivity index (χ4v) is 6.45. The smallest absolute Gasteiger partial charge is 0.335 e. The van der Waals surface area contributed by atoms with Crippen molar-refractivity contribution in [2.75, 3.05) is 11.4 Å². The number of ether oxygens (including phenoxy) is 1. The average molecular weight is 518 g/mol. The van der Waals surface area contributed by atoms with Crippen molar-refractivity contribution in [1.82, 2.24) is 10.1 Å². The summed E-state index contributed by atoms with van der Waals surface area (Å²) in [7, 11) is 0. The van der Waals surface area contributed by atoms with E-state index < -0.39 is 5.97 Å². The lowest BCUT2D eigenvalue weighted by Gasteiger charge is -2.39. The van der Waals surface area contributed by atoms with Crippen LogP contribution in [-0.4, -0.2) is 39.9 Å². The molecule has 4 aromatic rings. The van der Waals surface area contributed by atoms with Crippen LogP contribution in [-0.2, 0) is 11.3 Å². The van der Waals surface area contributed by atoms with Gasteiger partial charge in [0.05, 0.1) is 28.5 Å². The Morgan fingerprint density at radius 2 is 2.05 bits per heavy atom. The van der Waals surface area contributed by atoms with E-state index in [0.717, 1.165) is 76.6 Å². The molecule has 0 amide bonds. The normalized spacial score (nSPS) is 20.0. The minimum absolute atomic E-state index is 0.154. The highest BCUT2D eigenvalue weighted by atomic mass is 32.1. The van der Waals surface area contributed by atoms with Crippen molar-refractivity contribution >= 4 is 32.7 Å². The van der Waals surface area contributed by atoms with Crippen molar-refractivity contribution in [1.29, 1.82) is 0 Å². The van der Waals surface area contributed by atoms with E-state index in [1.54, 1.807) is 29.5 Å². The first-order valence-electron chi connectivity index (χ1n) is 13.1. The summed E-state index contributed by atoms with van der Waals surface area (Å²) in [4.78, 5) is 18.6. The van der Waals surface area contributed by atoms with Crippen LogP contribution in [0.4, 0.5) is 5.13 Å². The zero-order valence-corrected chi connectivity index (χ0v) is 22.0. The predicted molar refractivity (Wildman–Crippen MR) is 144 cm³/mol. The number of piperidine rings is 1. The summed E-state index contributed by atoms with van der Waals surface area (Å²) in [6, 6.07) is 13.8. The number of nitrogens with zero attached hydrogens (tertiary/aromatic N) is 3. The number of anilines is 1. The van der Waals surface area contributed by atoms with Gasteiger partial charge in [0, 0.05) is 29.6 Å². The van der Waals surface area contributed by atoms with Gasteiger partial charge in [-0.05, 0) is 62.8 Å². The number of thiazole rings is 1. The van der Waals surface area contributed by atoms with E-state index in [4.69, 9.17) is 14.2 Å². The van der Waals surface area contributed by atoms with Gasteiger partial charge < -0.3 is 19.3 Å². The topological polar surface area (TPSA) is 88.7 Å². The number of aryl methyl sites for hydroxylation is 1. The molecule has 2 fully saturated rings. The lowest BCUT2D eigenvalue weighted by molar-refractivity contribution is 0.0157. The number of benzene rings is 2. The Hall–Kier alpha value is -3.23. The fourth-order valence-electron chi connectivity index (χ4n) is 5.35. The van der Waals surface area contributed by atoms with Crippen molar-refractivity contribution in [3.8, 4) is 11.3 Å². The van der Waals surface area contributed by atoms with Gasteiger partial charge in [0.1, 0.15) is 11.5 Å². The Morgan fingerprint density at radius 1 is 1.22 bits per heavy atom. The van der Waals surface area contributed by atoms with Gasteiger partial charge in [0.15, 0.2) is 5.13 Å². The molecule has 3 heterocycles. The van der Waals surface area contributed by atoms with E-state index >= 15 is 0 Å². The highest BCUT2D eigenvalue weighted by Crippen LogP contribution is 2.45. The van der Waals surface area contributed by atoms with Crippen LogP contribution in [0, 0.1) is 6.92 Å². The Kier molecular flexibility index (Phi) is 6.46. The summed E-state index contributed by atoms with van der Waals surface area (Å²) >= 11 is 1.57. The standard InChI is InChI=1S/C29H31N3O4S/c1-3-20-15-21(12-13-32(20)29-30-24-11-10-19(28(33)34)14-25(24)37-29)35-16-23-26(22-7-5-4-6-17(22)2)31-36-27(23)18-8-9-18/h4-7,10-11,14,18,20-21H,3,8-9,12-13,15-16H2,1-2H3,(H,33,34)/t20-,21+/m0/s1. The van der Waals surface area contributed by atoms with Crippen molar-refractivity contribution < 1.29 is 19.2 Å². The molecule has 1 saturated heterocycles. The molecule has 1 N–H and O–H groups in total. The molecular formula is C29H31N3O4S. The Bertz CT molecular complexity index is 1440. The third kappa shape index (κ3) is 4.76. The van der Waals surface area contributed by atoms with E-state index in [1.165, 1.54) is 5.56 Å². The molecule has 0 unspecified atom stereocenters. The van der Waals surface area contributed by atoms with Gasteiger partial charge in [-0.1, -0.05) is 47.7 Å². The highest BCUT2D eigenvalue weighted by molar-refractivity contribution is 7.22. The van der Waals surface area contributed by atoms with E-state index in [-0.39, 0.29) is 6.10 Å². The molecule has 0 radical (unpaired) electrons. The molecule has 2 aromatic heterocycles. The van der Waals surface area contributed by atoms with Gasteiger partial charge >= 0.3 is 5.97 Å². The summed E-state index contributed by atoms with van der Waals surface area (Å²) in [5.41, 5.74) is 5.46. The predicted octanol–water partition coefficient (Wildman–Crippen LogP) is 6.80. The summed E-state index contributed by atoms with van der Waals surface area (Å²) in [5, 5.41) is 14.8. The SMILES string of the molecule is CC[C@H]1C[C@H](OCc2c(-c3ccccc3C)noc2C2CC2)CCN1c1nc2ccc(C(=O)O)cc2s1. The molecule has 2 aromatic carbocycles. The number of hydrogen-bond donors (Lipinski definition) is 1. The molecule has 0 bridgehead atoms. The van der Waals surface area contributed by atoms with Gasteiger partial charge in [0.25, 0.3) is 0 Å². The van der Waals surface area contributed by atoms with Gasteiger partial charge in [-0.3, -0.25) is 0 Å². The van der Waals surface area contributed by atoms with Gasteiger partial charge in [-0.15, -0.1) is 0 Å². The number of fused-ring (bicyclic) bond motifs is 1. The fraction of sp³-hybridized carbons (Fsp3) is 0.414. The Labute approximate surface area is 220 Å². The minimum atomic E-state index is -0.913. The van der Waals surface area contributed by atoms with Crippen LogP contribution in [0.1, 0.15) is 72.2 Å². The molecule has 0 spiro atoms. The monoisotopic (exact) mass is 517 g/mol. The highest BCUT2D eigenvalue weighted by Gasteiger charge is 2.34. The van der Waals surface area contributed by atoms with Gasteiger partial charge in [-0.2, -0.15) is 0 Å². The maximum Gasteiger partial charge on any atom is 0.335 e. The van der Waals surface area contributed by atoms with Gasteiger partial charge in [-0.25, -0.2) is 9.78 Å². The zero-order valence-electron chi connectivity index (χ0n) is 21.1. The maximum atomic E-state index is 11.4. The van der Waals surface area contributed by atoms with Crippen LogP contribution in [0.15, 0.2) is 47.0 Å². The molecule has 2 aliphatic rings. The van der Waals surface area contributed by atoms with Crippen molar-refractivity contribution in [3.05, 3.63) is 64.9 Å². The average Bonchev–Trinajstić information content (AvgIpc) is 3.52. The summed E-state index contributed by atoms with van der Waals surface area (Å²) in [6.07, 6.45) is 5.29. The Balaban J connectivity index is 1.18. The number of rotatable bonds is 8. The van der Waals surface area contributed by atoms with E-state index in [0.29, 0.717) is 24.1 Å². The van der Waals surface area contributed by atoms with E-state index in [1.807, 2.05) is 12.1 Å². The second-order valence-electron chi connectivity index (χ2n) is 10.2. The molecule has 2 atom stereocenters. The zero-order chi connectivity index (χ0) is 25.5. The maximum absolute atomic E-state index is 11.4. The second kappa shape index (κ2) is 9.91. The molecule has 1 saturated carbocycles. The molecule has 6 rings (SSSR count). The quantitative estimate of drug-likeness (QED) is 0.275. The molecule has 1 aliphatic heterocycles. The first-order chi connectivity index (χ1) is 18.0. The summed E-state index contributed by atoms with van der Waals surface area (Å²) < 4.78 is 13.3. The van der Waals surface area contributed by atoms with Crippen LogP contribution >= 0.6 is 11.3 Å². The summed E-state index contributed by atoms with van der Waals surface area (Å²) in [6.45, 7) is 5.69. The lowest BCUT2D eigenvalue weighted by Crippen LogP contribution is -2.44. The largest absolute Gasteiger partial charge is 0.478 e. The first kappa shape index (κ1) is 24.1. The molecule has 7 nitrogen and oxygen atoms in total. The molecule has 37 heavy (non-hydrogen) atoms. The van der Waals surface area contributed by atoms with E-state index in [9.17, 15) is 9.90 Å². The number of aromatic nitrogens is 2. The Morgan fingerprint density at radius 3 is 2.81 bits per heavy atom. The third-order valence-corrected chi connectivity index (χ3v) is 8.69. The molecule has 192 valence electrons. The lowest BCUT2D eigenvalue weighted by atomic mass is 9.97. The molecular weight excluding hydrogens is 486 g/mol. The number of aromatic carboxylic acids is 1. The van der Waals surface area contributed by atoms with Gasteiger partial charge in [0.2, 0.25) is 0 Å². The van der Waals surface area contributed by atoms with Crippen LogP contribution in [0.5, 0.6) is 0 Å². The third-order valence-electron chi connectivity index (χ3n) is 7.64. The number of carbonyl (C=O) groups is 1. The number of carboxylic acids is 1. The number of hydrogen-bond acceptors (Lipinski definition) is 7. The van der Waals surface area contributed by atoms with Crippen LogP contribution in [0.2, 0.25) is 0 Å². The van der Waals surface area contributed by atoms with Crippen molar-refractivity contribution in [3.63, 3.8) is 0 Å². The summed E-state index contributed by atoms with van der Waals surface area (Å²) in [5.74, 6) is 0.553. The minimum Gasteiger partial charge on any atom is -0.478 e. The first-order valence-corrected chi connectivity index (χ1v) is 13.9. The molecule has 1 aliphatic carbocycles. The van der Waals surface area contributed by atoms with Crippen LogP contribution in [0.25, 0.3) is 21.5 Å². The van der Waals surface area contributed by atoms with E-state index in [2.05, 4.69) is 36.0 Å². The van der Waals surface area contributed by atoms with Crippen LogP contribution < -0.4 is 4.90 Å². The number of carboxylic acid groups (broad SMARTS) is 1. The van der Waals surface area contributed by atoms with Crippen molar-refractivity contribution in [2.24, 2.45) is 0 Å². The van der Waals surface area contributed by atoms with Crippen molar-refractivity contribution in [2.45, 2.75) is 70.6 Å². The second-order valence-corrected chi connectivity index (χ2v) is 11.2. The molecule has 8 heteroatoms. The van der Waals surface area contributed by atoms with Crippen LogP contribution in [0.3, 0.4) is 0 Å².